The molecule has 162 valence electrons. The molecule has 7 heteroatoms. The molecule has 1 heterocycles. The van der Waals surface area contributed by atoms with Crippen LogP contribution in [0.1, 0.15) is 32.4 Å². The van der Waals surface area contributed by atoms with Crippen LogP contribution in [-0.4, -0.2) is 51.9 Å². The summed E-state index contributed by atoms with van der Waals surface area (Å²) in [4.78, 5) is 29.5. The Morgan fingerprint density at radius 2 is 1.87 bits per heavy atom. The fourth-order valence-corrected chi connectivity index (χ4v) is 3.49. The summed E-state index contributed by atoms with van der Waals surface area (Å²) in [6.07, 6.45) is 3.84. The minimum absolute atomic E-state index is 0.0309. The Hall–Kier alpha value is -2.47. The van der Waals surface area contributed by atoms with Gasteiger partial charge in [0.1, 0.15) is 12.3 Å². The molecule has 6 nitrogen and oxygen atoms in total. The van der Waals surface area contributed by atoms with E-state index in [2.05, 4.69) is 13.8 Å². The number of nitrogens with zero attached hydrogens (tertiary/aromatic N) is 3. The van der Waals surface area contributed by atoms with Crippen LogP contribution in [0, 0.1) is 5.92 Å². The number of benzene rings is 1. The number of rotatable bonds is 10. The van der Waals surface area contributed by atoms with Crippen LogP contribution in [0.4, 0.5) is 0 Å². The first kappa shape index (κ1) is 22.2. The summed E-state index contributed by atoms with van der Waals surface area (Å²) in [6.45, 7) is 5.37. The molecule has 1 aromatic heterocycles. The second kappa shape index (κ2) is 10.0. The zero-order valence-corrected chi connectivity index (χ0v) is 18.6. The molecule has 0 spiro atoms. The second-order valence-corrected chi connectivity index (χ2v) is 8.71. The molecule has 2 amide bonds. The average molecular weight is 432 g/mol. The van der Waals surface area contributed by atoms with E-state index in [1.54, 1.807) is 29.2 Å². The van der Waals surface area contributed by atoms with Gasteiger partial charge < -0.3 is 19.1 Å². The highest BCUT2D eigenvalue weighted by atomic mass is 35.5. The Bertz CT molecular complexity index is 859. The van der Waals surface area contributed by atoms with Crippen molar-refractivity contribution in [1.29, 1.82) is 0 Å². The van der Waals surface area contributed by atoms with Gasteiger partial charge >= 0.3 is 0 Å². The van der Waals surface area contributed by atoms with E-state index in [-0.39, 0.29) is 31.0 Å². The summed E-state index contributed by atoms with van der Waals surface area (Å²) < 4.78 is 7.63. The van der Waals surface area contributed by atoms with Crippen molar-refractivity contribution in [2.24, 2.45) is 13.0 Å². The lowest BCUT2D eigenvalue weighted by Gasteiger charge is -2.29. The Morgan fingerprint density at radius 3 is 2.43 bits per heavy atom. The van der Waals surface area contributed by atoms with Crippen LogP contribution < -0.4 is 4.74 Å². The molecule has 0 N–H and O–H groups in total. The lowest BCUT2D eigenvalue weighted by molar-refractivity contribution is -0.142. The largest absolute Gasteiger partial charge is 0.484 e. The van der Waals surface area contributed by atoms with Gasteiger partial charge in [0.15, 0.2) is 6.61 Å². The van der Waals surface area contributed by atoms with Gasteiger partial charge in [0.05, 0.1) is 6.54 Å². The third-order valence-electron chi connectivity index (χ3n) is 5.13. The molecule has 0 bridgehead atoms. The van der Waals surface area contributed by atoms with Gasteiger partial charge in [-0.1, -0.05) is 25.4 Å². The van der Waals surface area contributed by atoms with Crippen molar-refractivity contribution in [3.8, 4) is 5.75 Å². The molecule has 30 heavy (non-hydrogen) atoms. The molecule has 0 saturated heterocycles. The smallest absolute Gasteiger partial charge is 0.261 e. The van der Waals surface area contributed by atoms with Crippen molar-refractivity contribution in [3.05, 3.63) is 53.3 Å². The highest BCUT2D eigenvalue weighted by Crippen LogP contribution is 2.27. The SMILES string of the molecule is CC(C)CN(Cc1cccn1C)C(=O)CN(C(=O)COc1ccc(Cl)cc1)C1CC1. The Kier molecular flexibility index (Phi) is 7.43. The summed E-state index contributed by atoms with van der Waals surface area (Å²) >= 11 is 5.88. The molecule has 0 aliphatic heterocycles. The van der Waals surface area contributed by atoms with Crippen molar-refractivity contribution < 1.29 is 14.3 Å². The van der Waals surface area contributed by atoms with Gasteiger partial charge in [-0.25, -0.2) is 0 Å². The molecule has 3 rings (SSSR count). The van der Waals surface area contributed by atoms with Gasteiger partial charge in [0.25, 0.3) is 5.91 Å². The third-order valence-corrected chi connectivity index (χ3v) is 5.38. The molecule has 0 radical (unpaired) electrons. The summed E-state index contributed by atoms with van der Waals surface area (Å²) in [5.74, 6) is 0.730. The molecule has 0 atom stereocenters. The summed E-state index contributed by atoms with van der Waals surface area (Å²) in [5, 5.41) is 0.613. The zero-order chi connectivity index (χ0) is 21.7. The molecule has 1 aliphatic carbocycles. The van der Waals surface area contributed by atoms with Crippen molar-refractivity contribution >= 4 is 23.4 Å². The van der Waals surface area contributed by atoms with E-state index >= 15 is 0 Å². The number of aryl methyl sites for hydroxylation is 1. The zero-order valence-electron chi connectivity index (χ0n) is 17.9. The highest BCUT2D eigenvalue weighted by molar-refractivity contribution is 6.30. The molecule has 2 aromatic rings. The Morgan fingerprint density at radius 1 is 1.17 bits per heavy atom. The molecular weight excluding hydrogens is 402 g/mol. The number of ether oxygens (including phenoxy) is 1. The predicted molar refractivity (Wildman–Crippen MR) is 117 cm³/mol. The second-order valence-electron chi connectivity index (χ2n) is 8.27. The molecule has 1 aromatic carbocycles. The lowest BCUT2D eigenvalue weighted by atomic mass is 10.2. The molecular formula is C23H30ClN3O3. The number of aromatic nitrogens is 1. The van der Waals surface area contributed by atoms with E-state index < -0.39 is 0 Å². The van der Waals surface area contributed by atoms with Gasteiger partial charge in [0, 0.05) is 36.5 Å². The molecule has 0 unspecified atom stereocenters. The summed E-state index contributed by atoms with van der Waals surface area (Å²) in [6, 6.07) is 11.0. The normalized spacial score (nSPS) is 13.4. The number of hydrogen-bond donors (Lipinski definition) is 0. The standard InChI is InChI=1S/C23H30ClN3O3/c1-17(2)13-26(14-20-5-4-12-25(20)3)22(28)15-27(19-8-9-19)23(29)16-30-21-10-6-18(24)7-11-21/h4-7,10-12,17,19H,8-9,13-16H2,1-3H3. The van der Waals surface area contributed by atoms with Gasteiger partial charge in [-0.05, 0) is 55.2 Å². The van der Waals surface area contributed by atoms with Crippen LogP contribution in [0.2, 0.25) is 5.02 Å². The van der Waals surface area contributed by atoms with E-state index in [4.69, 9.17) is 16.3 Å². The van der Waals surface area contributed by atoms with Crippen molar-refractivity contribution in [1.82, 2.24) is 14.4 Å². The maximum absolute atomic E-state index is 13.1. The summed E-state index contributed by atoms with van der Waals surface area (Å²) in [5.41, 5.74) is 1.07. The highest BCUT2D eigenvalue weighted by Gasteiger charge is 2.35. The van der Waals surface area contributed by atoms with Crippen LogP contribution in [0.5, 0.6) is 5.75 Å². The average Bonchev–Trinajstić information content (AvgIpc) is 3.47. The first-order chi connectivity index (χ1) is 14.3. The third kappa shape index (κ3) is 6.26. The maximum Gasteiger partial charge on any atom is 0.261 e. The number of hydrogen-bond acceptors (Lipinski definition) is 3. The van der Waals surface area contributed by atoms with E-state index in [0.717, 1.165) is 18.5 Å². The van der Waals surface area contributed by atoms with E-state index in [1.165, 1.54) is 0 Å². The van der Waals surface area contributed by atoms with Crippen molar-refractivity contribution in [2.75, 3.05) is 19.7 Å². The fourth-order valence-electron chi connectivity index (χ4n) is 3.36. The molecule has 1 fully saturated rings. The van der Waals surface area contributed by atoms with E-state index in [1.807, 2.05) is 34.8 Å². The van der Waals surface area contributed by atoms with E-state index in [9.17, 15) is 9.59 Å². The minimum atomic E-state index is -0.163. The fraction of sp³-hybridized carbons (Fsp3) is 0.478. The van der Waals surface area contributed by atoms with Crippen LogP contribution >= 0.6 is 11.6 Å². The monoisotopic (exact) mass is 431 g/mol. The Balaban J connectivity index is 1.62. The Labute approximate surface area is 183 Å². The molecule has 1 saturated carbocycles. The van der Waals surface area contributed by atoms with E-state index in [0.29, 0.717) is 29.8 Å². The van der Waals surface area contributed by atoms with Gasteiger partial charge in [-0.15, -0.1) is 0 Å². The lowest BCUT2D eigenvalue weighted by Crippen LogP contribution is -2.46. The van der Waals surface area contributed by atoms with Gasteiger partial charge in [0.2, 0.25) is 5.91 Å². The van der Waals surface area contributed by atoms with Gasteiger partial charge in [-0.2, -0.15) is 0 Å². The number of carbonyl (C=O) groups excluding carboxylic acids is 2. The number of amides is 2. The van der Waals surface area contributed by atoms with Crippen LogP contribution in [0.15, 0.2) is 42.6 Å². The quantitative estimate of drug-likeness (QED) is 0.576. The number of halogens is 1. The topological polar surface area (TPSA) is 54.8 Å². The van der Waals surface area contributed by atoms with Crippen LogP contribution in [0.3, 0.4) is 0 Å². The number of carbonyl (C=O) groups is 2. The van der Waals surface area contributed by atoms with Crippen LogP contribution in [-0.2, 0) is 23.2 Å². The molecule has 1 aliphatic rings. The summed E-state index contributed by atoms with van der Waals surface area (Å²) in [7, 11) is 1.97. The first-order valence-corrected chi connectivity index (χ1v) is 10.8. The predicted octanol–water partition coefficient (Wildman–Crippen LogP) is 3.73. The van der Waals surface area contributed by atoms with Gasteiger partial charge in [-0.3, -0.25) is 9.59 Å². The maximum atomic E-state index is 13.1. The minimum Gasteiger partial charge on any atom is -0.484 e. The van der Waals surface area contributed by atoms with Crippen LogP contribution in [0.25, 0.3) is 0 Å². The first-order valence-electron chi connectivity index (χ1n) is 10.4. The van der Waals surface area contributed by atoms with Crippen molar-refractivity contribution in [2.45, 2.75) is 39.3 Å². The van der Waals surface area contributed by atoms with Crippen molar-refractivity contribution in [3.63, 3.8) is 0 Å².